The van der Waals surface area contributed by atoms with Crippen LogP contribution in [0.2, 0.25) is 0 Å². The molecule has 0 rings (SSSR count). The van der Waals surface area contributed by atoms with Crippen molar-refractivity contribution in [2.24, 2.45) is 5.73 Å². The SMILES string of the molecule is CC/C=C\C/C=C\C/C=C\C/C=C\C/C=C\C/C=C\C/C=C\CCCC(=O)OC(COCCCCCCCCCCCCCC/C=C\C/C=C\CCCCCCC)COP(=O)(O)OCCN. The Balaban J connectivity index is 4.06. The normalized spacial score (nSPS) is 14.2. The standard InChI is InChI=1S/C57H98NO7P/c1-3-5-7-9-11-13-15-17-19-21-23-25-27-29-31-33-35-37-39-41-43-45-47-49-52-62-54-56(55-64-66(60,61)63-53-51-58)65-57(59)50-48-46-44-42-40-38-36-34-32-30-28-26-24-22-20-18-16-14-12-10-8-6-4-2/h6,8,12,14-15,17-18,20-21,23-24,26,30,32,36,38,42,44,56H,3-5,7,9-11,13,16,19,22,25,27-29,31,33-35,37,39-41,43,45-55,58H2,1-2H3,(H,60,61)/b8-6-,14-12-,17-15-,20-18-,23-21-,26-24-,32-30-,38-36-,44-42-. The highest BCUT2D eigenvalue weighted by Gasteiger charge is 2.25. The maximum Gasteiger partial charge on any atom is 0.472 e. The highest BCUT2D eigenvalue weighted by molar-refractivity contribution is 7.47. The number of phosphoric acid groups is 1. The lowest BCUT2D eigenvalue weighted by Gasteiger charge is -2.20. The van der Waals surface area contributed by atoms with Crippen molar-refractivity contribution < 1.29 is 32.8 Å². The Hall–Kier alpha value is -2.84. The average molecular weight is 940 g/mol. The van der Waals surface area contributed by atoms with Crippen LogP contribution >= 0.6 is 7.82 Å². The van der Waals surface area contributed by atoms with E-state index >= 15 is 0 Å². The van der Waals surface area contributed by atoms with Crippen molar-refractivity contribution in [2.45, 2.75) is 213 Å². The molecule has 0 fully saturated rings. The number of unbranched alkanes of at least 4 members (excludes halogenated alkanes) is 18. The molecular weight excluding hydrogens is 842 g/mol. The summed E-state index contributed by atoms with van der Waals surface area (Å²) in [5.74, 6) is -0.390. The molecule has 0 saturated carbocycles. The quantitative estimate of drug-likeness (QED) is 0.0268. The predicted molar refractivity (Wildman–Crippen MR) is 284 cm³/mol. The lowest BCUT2D eigenvalue weighted by Crippen LogP contribution is -2.28. The summed E-state index contributed by atoms with van der Waals surface area (Å²) < 4.78 is 33.5. The minimum Gasteiger partial charge on any atom is -0.457 e. The molecule has 2 unspecified atom stereocenters. The summed E-state index contributed by atoms with van der Waals surface area (Å²) in [6.45, 7) is 4.71. The molecule has 378 valence electrons. The van der Waals surface area contributed by atoms with Crippen molar-refractivity contribution in [1.82, 2.24) is 0 Å². The van der Waals surface area contributed by atoms with Gasteiger partial charge in [0.25, 0.3) is 0 Å². The number of nitrogens with two attached hydrogens (primary N) is 1. The van der Waals surface area contributed by atoms with E-state index in [1.807, 2.05) is 0 Å². The molecule has 66 heavy (non-hydrogen) atoms. The van der Waals surface area contributed by atoms with Gasteiger partial charge < -0.3 is 20.1 Å². The van der Waals surface area contributed by atoms with Gasteiger partial charge in [-0.3, -0.25) is 13.8 Å². The van der Waals surface area contributed by atoms with Gasteiger partial charge in [-0.15, -0.1) is 0 Å². The van der Waals surface area contributed by atoms with Gasteiger partial charge in [0.1, 0.15) is 6.10 Å². The predicted octanol–water partition coefficient (Wildman–Crippen LogP) is 16.8. The zero-order valence-corrected chi connectivity index (χ0v) is 43.0. The van der Waals surface area contributed by atoms with Crippen molar-refractivity contribution in [2.75, 3.05) is 33.0 Å². The molecule has 0 saturated heterocycles. The van der Waals surface area contributed by atoms with Crippen LogP contribution < -0.4 is 5.73 Å². The second-order valence-electron chi connectivity index (χ2n) is 17.0. The molecule has 0 spiro atoms. The topological polar surface area (TPSA) is 117 Å². The van der Waals surface area contributed by atoms with E-state index in [0.717, 1.165) is 70.6 Å². The zero-order valence-electron chi connectivity index (χ0n) is 42.1. The monoisotopic (exact) mass is 940 g/mol. The number of hydrogen-bond acceptors (Lipinski definition) is 7. The van der Waals surface area contributed by atoms with Crippen molar-refractivity contribution >= 4 is 13.8 Å². The van der Waals surface area contributed by atoms with Crippen molar-refractivity contribution in [3.05, 3.63) is 109 Å². The molecular formula is C57H98NO7P. The van der Waals surface area contributed by atoms with Crippen molar-refractivity contribution in [1.29, 1.82) is 0 Å². The largest absolute Gasteiger partial charge is 0.472 e. The fourth-order valence-corrected chi connectivity index (χ4v) is 7.61. The third kappa shape index (κ3) is 52.1. The first-order valence-electron chi connectivity index (χ1n) is 26.4. The van der Waals surface area contributed by atoms with Crippen LogP contribution in [0.4, 0.5) is 0 Å². The van der Waals surface area contributed by atoms with Crippen LogP contribution in [0.25, 0.3) is 0 Å². The Morgan fingerprint density at radius 1 is 0.470 bits per heavy atom. The smallest absolute Gasteiger partial charge is 0.457 e. The molecule has 0 aromatic carbocycles. The number of ether oxygens (including phenoxy) is 2. The summed E-state index contributed by atoms with van der Waals surface area (Å²) in [4.78, 5) is 22.6. The number of carbonyl (C=O) groups excluding carboxylic acids is 1. The minimum atomic E-state index is -4.31. The van der Waals surface area contributed by atoms with E-state index in [2.05, 4.69) is 123 Å². The highest BCUT2D eigenvalue weighted by atomic mass is 31.2. The number of esters is 1. The van der Waals surface area contributed by atoms with Gasteiger partial charge in [0, 0.05) is 19.6 Å². The molecule has 0 bridgehead atoms. The Labute approximate surface area is 405 Å². The molecule has 0 radical (unpaired) electrons. The Morgan fingerprint density at radius 2 is 0.848 bits per heavy atom. The molecule has 3 N–H and O–H groups in total. The highest BCUT2D eigenvalue weighted by Crippen LogP contribution is 2.43. The minimum absolute atomic E-state index is 0.0852. The summed E-state index contributed by atoms with van der Waals surface area (Å²) in [5, 5.41) is 0. The molecule has 2 atom stereocenters. The van der Waals surface area contributed by atoms with E-state index in [0.29, 0.717) is 13.0 Å². The van der Waals surface area contributed by atoms with E-state index in [1.165, 1.54) is 109 Å². The van der Waals surface area contributed by atoms with E-state index < -0.39 is 19.9 Å². The Kier molecular flexibility index (Phi) is 50.8. The number of allylic oxidation sites excluding steroid dienone is 18. The fraction of sp³-hybridized carbons (Fsp3) is 0.667. The fourth-order valence-electron chi connectivity index (χ4n) is 6.84. The molecule has 9 heteroatoms. The maximum absolute atomic E-state index is 12.6. The summed E-state index contributed by atoms with van der Waals surface area (Å²) >= 11 is 0. The van der Waals surface area contributed by atoms with E-state index in [9.17, 15) is 14.3 Å². The van der Waals surface area contributed by atoms with Crippen LogP contribution in [0.1, 0.15) is 206 Å². The van der Waals surface area contributed by atoms with Crippen LogP contribution in [0.15, 0.2) is 109 Å². The Bertz CT molecular complexity index is 1380. The molecule has 8 nitrogen and oxygen atoms in total. The molecule has 0 aromatic rings. The molecule has 0 aliphatic rings. The first-order chi connectivity index (χ1) is 32.4. The number of carbonyl (C=O) groups is 1. The van der Waals surface area contributed by atoms with Gasteiger partial charge in [-0.05, 0) is 96.3 Å². The van der Waals surface area contributed by atoms with Crippen LogP contribution in [0, 0.1) is 0 Å². The molecule has 0 aromatic heterocycles. The van der Waals surface area contributed by atoms with Crippen LogP contribution in [-0.4, -0.2) is 49.9 Å². The summed E-state index contributed by atoms with van der Waals surface area (Å²) in [6.07, 6.45) is 72.8. The number of hydrogen-bond donors (Lipinski definition) is 2. The average Bonchev–Trinajstić information content (AvgIpc) is 3.31. The van der Waals surface area contributed by atoms with Gasteiger partial charge in [-0.1, -0.05) is 213 Å². The van der Waals surface area contributed by atoms with Crippen LogP contribution in [-0.2, 0) is 27.9 Å². The van der Waals surface area contributed by atoms with E-state index in [1.54, 1.807) is 0 Å². The van der Waals surface area contributed by atoms with Gasteiger partial charge in [0.2, 0.25) is 0 Å². The lowest BCUT2D eigenvalue weighted by atomic mass is 10.0. The van der Waals surface area contributed by atoms with E-state index in [-0.39, 0.29) is 32.8 Å². The van der Waals surface area contributed by atoms with Crippen LogP contribution in [0.5, 0.6) is 0 Å². The zero-order chi connectivity index (χ0) is 48.0. The maximum atomic E-state index is 12.6. The lowest BCUT2D eigenvalue weighted by molar-refractivity contribution is -0.154. The van der Waals surface area contributed by atoms with Crippen LogP contribution in [0.3, 0.4) is 0 Å². The summed E-state index contributed by atoms with van der Waals surface area (Å²) in [5.41, 5.74) is 5.39. The molecule has 0 amide bonds. The van der Waals surface area contributed by atoms with Gasteiger partial charge in [-0.25, -0.2) is 4.57 Å². The second kappa shape index (κ2) is 53.1. The first kappa shape index (κ1) is 63.2. The van der Waals surface area contributed by atoms with Gasteiger partial charge in [-0.2, -0.15) is 0 Å². The number of rotatable bonds is 49. The van der Waals surface area contributed by atoms with Gasteiger partial charge in [0.05, 0.1) is 19.8 Å². The second-order valence-corrected chi connectivity index (χ2v) is 18.5. The van der Waals surface area contributed by atoms with Crippen molar-refractivity contribution in [3.63, 3.8) is 0 Å². The summed E-state index contributed by atoms with van der Waals surface area (Å²) in [7, 11) is -4.31. The third-order valence-corrected chi connectivity index (χ3v) is 11.7. The number of phosphoric ester groups is 1. The summed E-state index contributed by atoms with van der Waals surface area (Å²) in [6, 6.07) is 0. The molecule has 0 aliphatic carbocycles. The molecule has 0 aliphatic heterocycles. The van der Waals surface area contributed by atoms with Crippen molar-refractivity contribution in [3.8, 4) is 0 Å². The Morgan fingerprint density at radius 3 is 1.27 bits per heavy atom. The first-order valence-corrected chi connectivity index (χ1v) is 27.9. The van der Waals surface area contributed by atoms with Gasteiger partial charge in [0.15, 0.2) is 0 Å². The third-order valence-electron chi connectivity index (χ3n) is 10.7. The molecule has 0 heterocycles. The van der Waals surface area contributed by atoms with Gasteiger partial charge >= 0.3 is 13.8 Å². The van der Waals surface area contributed by atoms with E-state index in [4.69, 9.17) is 24.3 Å².